The molecule has 0 saturated heterocycles. The number of rotatable bonds is 8. The number of nitrogens with one attached hydrogen (secondary N) is 2. The van der Waals surface area contributed by atoms with E-state index in [9.17, 15) is 22.8 Å². The Hall–Kier alpha value is -3.73. The van der Waals surface area contributed by atoms with Gasteiger partial charge in [0.1, 0.15) is 5.69 Å². The summed E-state index contributed by atoms with van der Waals surface area (Å²) in [5.41, 5.74) is 6.31. The Morgan fingerprint density at radius 2 is 1.65 bits per heavy atom. The fourth-order valence-electron chi connectivity index (χ4n) is 2.97. The van der Waals surface area contributed by atoms with Crippen LogP contribution in [0.4, 0.5) is 16.2 Å². The third-order valence-electron chi connectivity index (χ3n) is 4.80. The molecule has 2 rings (SSSR count). The summed E-state index contributed by atoms with van der Waals surface area (Å²) in [4.78, 5) is 36.7. The number of anilines is 2. The first kappa shape index (κ1) is 26.5. The summed E-state index contributed by atoms with van der Waals surface area (Å²) in [7, 11) is -2.80. The van der Waals surface area contributed by atoms with Crippen molar-refractivity contribution in [2.75, 3.05) is 17.7 Å². The van der Waals surface area contributed by atoms with E-state index in [0.717, 1.165) is 13.5 Å². The summed E-state index contributed by atoms with van der Waals surface area (Å²) < 4.78 is 31.4. The molecule has 2 aromatic rings. The van der Waals surface area contributed by atoms with Crippen LogP contribution in [-0.2, 0) is 24.2 Å². The molecular formula is C23H29N4O6S+. The summed E-state index contributed by atoms with van der Waals surface area (Å²) >= 11 is 0. The number of amides is 3. The molecule has 0 fully saturated rings. The Kier molecular flexibility index (Phi) is 9.31. The Bertz CT molecular complexity index is 1180. The number of hydrogen-bond acceptors (Lipinski definition) is 6. The Morgan fingerprint density at radius 1 is 0.971 bits per heavy atom. The molecule has 3 amide bonds. The van der Waals surface area contributed by atoms with Crippen LogP contribution in [0, 0.1) is 0 Å². The monoisotopic (exact) mass is 489 g/mol. The van der Waals surface area contributed by atoms with E-state index in [1.54, 1.807) is 18.2 Å². The zero-order valence-electron chi connectivity index (χ0n) is 19.3. The summed E-state index contributed by atoms with van der Waals surface area (Å²) in [6, 6.07) is 11.9. The van der Waals surface area contributed by atoms with Crippen LogP contribution in [-0.4, -0.2) is 44.0 Å². The molecule has 0 heterocycles. The second kappa shape index (κ2) is 11.9. The number of benzene rings is 2. The van der Waals surface area contributed by atoms with Gasteiger partial charge >= 0.3 is 12.1 Å². The molecule has 0 aliphatic carbocycles. The highest BCUT2D eigenvalue weighted by molar-refractivity contribution is 7.91. The molecule has 0 aliphatic rings. The van der Waals surface area contributed by atoms with Crippen LogP contribution in [0.3, 0.4) is 0 Å². The van der Waals surface area contributed by atoms with E-state index in [1.165, 1.54) is 37.3 Å². The van der Waals surface area contributed by atoms with Gasteiger partial charge in [-0.05, 0) is 36.8 Å². The topological polar surface area (TPSA) is 148 Å². The van der Waals surface area contributed by atoms with Gasteiger partial charge in [0, 0.05) is 12.8 Å². The van der Waals surface area contributed by atoms with Crippen LogP contribution in [0.1, 0.15) is 39.5 Å². The van der Waals surface area contributed by atoms with Crippen molar-refractivity contribution in [3.8, 4) is 0 Å². The number of nitrogens with zero attached hydrogens (tertiary/aromatic N) is 1. The number of carbonyl (C=O) groups is 3. The van der Waals surface area contributed by atoms with E-state index in [1.807, 2.05) is 6.92 Å². The predicted molar refractivity (Wildman–Crippen MR) is 127 cm³/mol. The molecule has 182 valence electrons. The van der Waals surface area contributed by atoms with Gasteiger partial charge in [0.05, 0.1) is 22.6 Å². The summed E-state index contributed by atoms with van der Waals surface area (Å²) in [6.07, 6.45) is 0.700. The number of ether oxygens (including phenoxy) is 1. The first-order valence-electron chi connectivity index (χ1n) is 10.7. The summed E-state index contributed by atoms with van der Waals surface area (Å²) in [6.45, 7) is 3.49. The number of sulfone groups is 1. The molecule has 0 radical (unpaired) electrons. The third kappa shape index (κ3) is 6.41. The van der Waals surface area contributed by atoms with Crippen molar-refractivity contribution in [2.24, 2.45) is 5.73 Å². The zero-order chi connectivity index (χ0) is 25.3. The highest BCUT2D eigenvalue weighted by atomic mass is 32.2. The smallest absolute Gasteiger partial charge is 0.440 e. The van der Waals surface area contributed by atoms with Crippen molar-refractivity contribution < 1.29 is 32.1 Å². The number of unbranched alkanes of at least 4 members (excludes halogenated alkanes) is 1. The van der Waals surface area contributed by atoms with Gasteiger partial charge in [0.15, 0.2) is 0 Å². The van der Waals surface area contributed by atoms with Crippen molar-refractivity contribution in [3.05, 3.63) is 48.5 Å². The van der Waals surface area contributed by atoms with Crippen molar-refractivity contribution >= 4 is 45.1 Å². The van der Waals surface area contributed by atoms with E-state index in [-0.39, 0.29) is 39.9 Å². The molecule has 0 aliphatic heterocycles. The van der Waals surface area contributed by atoms with Gasteiger partial charge < -0.3 is 10.1 Å². The van der Waals surface area contributed by atoms with Crippen LogP contribution in [0.2, 0.25) is 0 Å². The van der Waals surface area contributed by atoms with Crippen LogP contribution in [0.15, 0.2) is 58.3 Å². The standard InChI is InChI=1S/C23H28N4O6S/c1-4-6-12-20(28)25-18-14-13-17(34(31,32)16-10-8-7-9-11-16)15-19(18)26-22(24)27(21(29)5-2)23(30)33-3/h7-11,13-15H,4-6,12H2,1-3H3,(H3,24,25,26,28)/p+1. The largest absolute Gasteiger partial charge is 0.485 e. The molecule has 10 nitrogen and oxygen atoms in total. The van der Waals surface area contributed by atoms with Crippen molar-refractivity contribution in [2.45, 2.75) is 49.3 Å². The van der Waals surface area contributed by atoms with E-state index in [0.29, 0.717) is 11.0 Å². The van der Waals surface area contributed by atoms with Gasteiger partial charge in [-0.2, -0.15) is 0 Å². The third-order valence-corrected chi connectivity index (χ3v) is 6.57. The molecular weight excluding hydrogens is 460 g/mol. The van der Waals surface area contributed by atoms with Crippen LogP contribution >= 0.6 is 0 Å². The van der Waals surface area contributed by atoms with Crippen LogP contribution < -0.4 is 16.4 Å². The van der Waals surface area contributed by atoms with Gasteiger partial charge in [0.2, 0.25) is 15.7 Å². The SMILES string of the molecule is CCCCC(=O)Nc1ccc(S(=O)(=O)c2ccccc2)cc1NC(N)=[N+](C(=O)CC)C(=O)OC. The van der Waals surface area contributed by atoms with E-state index in [4.69, 9.17) is 5.73 Å². The maximum absolute atomic E-state index is 13.1. The molecule has 0 saturated carbocycles. The Balaban J connectivity index is 2.59. The summed E-state index contributed by atoms with van der Waals surface area (Å²) in [5.74, 6) is -1.33. The molecule has 4 N–H and O–H groups in total. The van der Waals surface area contributed by atoms with Gasteiger partial charge in [-0.25, -0.2) is 18.5 Å². The minimum absolute atomic E-state index is 0.0412. The van der Waals surface area contributed by atoms with Crippen LogP contribution in [0.5, 0.6) is 0 Å². The Labute approximate surface area is 198 Å². The molecule has 0 bridgehead atoms. The van der Waals surface area contributed by atoms with E-state index < -0.39 is 27.8 Å². The number of hydrogen-bond donors (Lipinski definition) is 3. The normalized spacial score (nSPS) is 11.9. The second-order valence-corrected chi connectivity index (χ2v) is 9.19. The highest BCUT2D eigenvalue weighted by Gasteiger charge is 2.27. The number of guanidine groups is 1. The molecule has 0 atom stereocenters. The maximum atomic E-state index is 13.1. The molecule has 0 unspecified atom stereocenters. The van der Waals surface area contributed by atoms with Crippen LogP contribution in [0.25, 0.3) is 0 Å². The first-order chi connectivity index (χ1) is 16.1. The number of imide groups is 1. The predicted octanol–water partition coefficient (Wildman–Crippen LogP) is 3.09. The van der Waals surface area contributed by atoms with Gasteiger partial charge in [-0.15, -0.1) is 0 Å². The molecule has 2 aromatic carbocycles. The number of methoxy groups -OCH3 is 1. The molecule has 34 heavy (non-hydrogen) atoms. The van der Waals surface area contributed by atoms with Gasteiger partial charge in [-0.1, -0.05) is 43.0 Å². The Morgan fingerprint density at radius 3 is 2.24 bits per heavy atom. The lowest BCUT2D eigenvalue weighted by molar-refractivity contribution is -0.377. The van der Waals surface area contributed by atoms with Crippen molar-refractivity contribution in [1.82, 2.24) is 0 Å². The van der Waals surface area contributed by atoms with Gasteiger partial charge in [0.25, 0.3) is 5.91 Å². The lowest BCUT2D eigenvalue weighted by Gasteiger charge is -2.13. The molecule has 11 heteroatoms. The van der Waals surface area contributed by atoms with E-state index in [2.05, 4.69) is 15.4 Å². The fraction of sp³-hybridized carbons (Fsp3) is 0.304. The van der Waals surface area contributed by atoms with Crippen molar-refractivity contribution in [1.29, 1.82) is 0 Å². The minimum atomic E-state index is -3.89. The number of nitrogens with two attached hydrogens (primary N) is 1. The van der Waals surface area contributed by atoms with Gasteiger partial charge in [-0.3, -0.25) is 15.3 Å². The highest BCUT2D eigenvalue weighted by Crippen LogP contribution is 2.29. The average Bonchev–Trinajstić information content (AvgIpc) is 2.83. The fourth-order valence-corrected chi connectivity index (χ4v) is 4.27. The first-order valence-corrected chi connectivity index (χ1v) is 12.2. The minimum Gasteiger partial charge on any atom is -0.440 e. The number of carbonyl (C=O) groups excluding carboxylic acids is 3. The lowest BCUT2D eigenvalue weighted by Crippen LogP contribution is -2.41. The summed E-state index contributed by atoms with van der Waals surface area (Å²) in [5, 5.41) is 5.40. The quantitative estimate of drug-likeness (QED) is 0.291. The second-order valence-electron chi connectivity index (χ2n) is 7.24. The van der Waals surface area contributed by atoms with Crippen molar-refractivity contribution in [3.63, 3.8) is 0 Å². The molecule has 0 aromatic heterocycles. The molecule has 0 spiro atoms. The zero-order valence-corrected chi connectivity index (χ0v) is 20.1. The maximum Gasteiger partial charge on any atom is 0.485 e. The lowest BCUT2D eigenvalue weighted by atomic mass is 10.2. The van der Waals surface area contributed by atoms with E-state index >= 15 is 0 Å². The average molecular weight is 490 g/mol.